The molecule has 0 aromatic rings. The minimum Gasteiger partial charge on any atom is -0.411 e. The summed E-state index contributed by atoms with van der Waals surface area (Å²) in [7, 11) is 0. The second-order valence-corrected chi connectivity index (χ2v) is 2.73. The third-order valence-corrected chi connectivity index (χ3v) is 2.29. The Morgan fingerprint density at radius 3 is 3.22 bits per heavy atom. The second kappa shape index (κ2) is 1.59. The van der Waals surface area contributed by atoms with Crippen molar-refractivity contribution in [1.29, 1.82) is 0 Å². The average molecular weight is 123 g/mol. The third kappa shape index (κ3) is 0.530. The van der Waals surface area contributed by atoms with Crippen LogP contribution in [-0.4, -0.2) is 10.9 Å². The summed E-state index contributed by atoms with van der Waals surface area (Å²) in [5, 5.41) is 11.6. The molecule has 2 aliphatic carbocycles. The van der Waals surface area contributed by atoms with Crippen molar-refractivity contribution in [3.05, 3.63) is 12.2 Å². The standard InChI is InChI=1S/C7H9NO/c9-8-7-4-5-2-1-3-6(5)7/h1-2,5-6,9H,3-4H2/b8-7-. The molecule has 0 aliphatic heterocycles. The van der Waals surface area contributed by atoms with E-state index in [1.165, 1.54) is 0 Å². The van der Waals surface area contributed by atoms with E-state index in [1.807, 2.05) is 0 Å². The minimum absolute atomic E-state index is 0.565. The first-order valence-corrected chi connectivity index (χ1v) is 3.29. The van der Waals surface area contributed by atoms with Crippen LogP contribution in [-0.2, 0) is 0 Å². The number of fused-ring (bicyclic) bond motifs is 1. The maximum absolute atomic E-state index is 8.39. The van der Waals surface area contributed by atoms with Crippen LogP contribution in [0.4, 0.5) is 0 Å². The van der Waals surface area contributed by atoms with E-state index in [9.17, 15) is 0 Å². The van der Waals surface area contributed by atoms with Crippen LogP contribution in [0.5, 0.6) is 0 Å². The zero-order valence-electron chi connectivity index (χ0n) is 5.12. The molecule has 0 radical (unpaired) electrons. The highest BCUT2D eigenvalue weighted by molar-refractivity contribution is 5.93. The van der Waals surface area contributed by atoms with Crippen molar-refractivity contribution in [3.8, 4) is 0 Å². The molecule has 2 atom stereocenters. The van der Waals surface area contributed by atoms with Gasteiger partial charge in [-0.15, -0.1) is 0 Å². The van der Waals surface area contributed by atoms with Crippen molar-refractivity contribution in [1.82, 2.24) is 0 Å². The van der Waals surface area contributed by atoms with Gasteiger partial charge >= 0.3 is 0 Å². The van der Waals surface area contributed by atoms with E-state index in [2.05, 4.69) is 17.3 Å². The van der Waals surface area contributed by atoms with Crippen molar-refractivity contribution in [2.24, 2.45) is 17.0 Å². The van der Waals surface area contributed by atoms with Gasteiger partial charge in [0.2, 0.25) is 0 Å². The number of oxime groups is 1. The number of rotatable bonds is 0. The Kier molecular flexibility index (Phi) is 0.891. The van der Waals surface area contributed by atoms with Gasteiger partial charge in [-0.2, -0.15) is 0 Å². The van der Waals surface area contributed by atoms with E-state index >= 15 is 0 Å². The summed E-state index contributed by atoms with van der Waals surface area (Å²) in [6, 6.07) is 0. The van der Waals surface area contributed by atoms with Gasteiger partial charge in [0.1, 0.15) is 0 Å². The van der Waals surface area contributed by atoms with E-state index < -0.39 is 0 Å². The fourth-order valence-electron chi connectivity index (χ4n) is 1.65. The van der Waals surface area contributed by atoms with Crippen molar-refractivity contribution in [2.75, 3.05) is 0 Å². The van der Waals surface area contributed by atoms with Crippen molar-refractivity contribution in [3.63, 3.8) is 0 Å². The molecule has 0 amide bonds. The Labute approximate surface area is 53.9 Å². The number of nitrogens with zero attached hydrogens (tertiary/aromatic N) is 1. The first-order valence-electron chi connectivity index (χ1n) is 3.29. The highest BCUT2D eigenvalue weighted by atomic mass is 16.4. The molecule has 1 N–H and O–H groups in total. The molecule has 2 aliphatic rings. The van der Waals surface area contributed by atoms with E-state index in [0.717, 1.165) is 18.6 Å². The molecular formula is C7H9NO. The van der Waals surface area contributed by atoms with Gasteiger partial charge in [0.25, 0.3) is 0 Å². The lowest BCUT2D eigenvalue weighted by atomic mass is 9.74. The Morgan fingerprint density at radius 1 is 1.67 bits per heavy atom. The molecule has 0 heterocycles. The maximum Gasteiger partial charge on any atom is 0.0616 e. The number of hydrogen-bond donors (Lipinski definition) is 1. The SMILES string of the molecule is O/N=C1/CC2C=CCC12. The highest BCUT2D eigenvalue weighted by Crippen LogP contribution is 2.39. The lowest BCUT2D eigenvalue weighted by Gasteiger charge is -2.30. The first-order chi connectivity index (χ1) is 4.42. The van der Waals surface area contributed by atoms with Gasteiger partial charge in [0.15, 0.2) is 0 Å². The Morgan fingerprint density at radius 2 is 2.56 bits per heavy atom. The topological polar surface area (TPSA) is 32.6 Å². The zero-order valence-corrected chi connectivity index (χ0v) is 5.12. The Hall–Kier alpha value is -0.790. The fourth-order valence-corrected chi connectivity index (χ4v) is 1.65. The van der Waals surface area contributed by atoms with Crippen LogP contribution in [0.3, 0.4) is 0 Å². The molecule has 2 heteroatoms. The summed E-state index contributed by atoms with van der Waals surface area (Å²) in [5.41, 5.74) is 0.991. The molecule has 0 spiro atoms. The number of hydrogen-bond acceptors (Lipinski definition) is 2. The average Bonchev–Trinajstić information content (AvgIpc) is 2.14. The van der Waals surface area contributed by atoms with Crippen molar-refractivity contribution in [2.45, 2.75) is 12.8 Å². The van der Waals surface area contributed by atoms with Crippen LogP contribution in [0.15, 0.2) is 17.3 Å². The lowest BCUT2D eigenvalue weighted by molar-refractivity contribution is 0.298. The molecule has 0 aromatic heterocycles. The van der Waals surface area contributed by atoms with Crippen LogP contribution in [0.2, 0.25) is 0 Å². The molecule has 0 bridgehead atoms. The van der Waals surface area contributed by atoms with Crippen LogP contribution in [0, 0.1) is 11.8 Å². The third-order valence-electron chi connectivity index (χ3n) is 2.29. The van der Waals surface area contributed by atoms with Gasteiger partial charge in [0.05, 0.1) is 5.71 Å². The van der Waals surface area contributed by atoms with Crippen LogP contribution >= 0.6 is 0 Å². The highest BCUT2D eigenvalue weighted by Gasteiger charge is 2.38. The van der Waals surface area contributed by atoms with Gasteiger partial charge in [-0.25, -0.2) is 0 Å². The summed E-state index contributed by atoms with van der Waals surface area (Å²) < 4.78 is 0. The number of allylic oxidation sites excluding steroid dienone is 2. The molecule has 48 valence electrons. The van der Waals surface area contributed by atoms with E-state index in [-0.39, 0.29) is 0 Å². The summed E-state index contributed by atoms with van der Waals surface area (Å²) in [6.45, 7) is 0. The Bertz CT molecular complexity index is 183. The Balaban J connectivity index is 2.13. The molecular weight excluding hydrogens is 114 g/mol. The van der Waals surface area contributed by atoms with Gasteiger partial charge in [-0.05, 0) is 18.8 Å². The largest absolute Gasteiger partial charge is 0.411 e. The minimum atomic E-state index is 0.565. The summed E-state index contributed by atoms with van der Waals surface area (Å²) in [4.78, 5) is 0. The summed E-state index contributed by atoms with van der Waals surface area (Å²) in [5.74, 6) is 1.27. The smallest absolute Gasteiger partial charge is 0.0616 e. The summed E-state index contributed by atoms with van der Waals surface area (Å²) >= 11 is 0. The molecule has 2 nitrogen and oxygen atoms in total. The molecule has 1 saturated carbocycles. The van der Waals surface area contributed by atoms with Crippen LogP contribution in [0.25, 0.3) is 0 Å². The monoisotopic (exact) mass is 123 g/mol. The normalized spacial score (nSPS) is 42.9. The lowest BCUT2D eigenvalue weighted by Crippen LogP contribution is -2.32. The predicted octanol–water partition coefficient (Wildman–Crippen LogP) is 1.41. The van der Waals surface area contributed by atoms with Crippen molar-refractivity contribution < 1.29 is 5.21 Å². The van der Waals surface area contributed by atoms with Crippen LogP contribution < -0.4 is 0 Å². The van der Waals surface area contributed by atoms with Gasteiger partial charge in [0, 0.05) is 5.92 Å². The molecule has 2 unspecified atom stereocenters. The van der Waals surface area contributed by atoms with Gasteiger partial charge in [-0.1, -0.05) is 17.3 Å². The summed E-state index contributed by atoms with van der Waals surface area (Å²) in [6.07, 6.45) is 6.47. The molecule has 1 fully saturated rings. The quantitative estimate of drug-likeness (QED) is 0.295. The van der Waals surface area contributed by atoms with E-state index in [1.54, 1.807) is 0 Å². The predicted molar refractivity (Wildman–Crippen MR) is 34.6 cm³/mol. The van der Waals surface area contributed by atoms with Crippen molar-refractivity contribution >= 4 is 5.71 Å². The molecule has 0 aromatic carbocycles. The van der Waals surface area contributed by atoms with Crippen LogP contribution in [0.1, 0.15) is 12.8 Å². The fraction of sp³-hybridized carbons (Fsp3) is 0.571. The second-order valence-electron chi connectivity index (χ2n) is 2.73. The molecule has 2 rings (SSSR count). The van der Waals surface area contributed by atoms with E-state index in [4.69, 9.17) is 5.21 Å². The zero-order chi connectivity index (χ0) is 6.27. The van der Waals surface area contributed by atoms with Gasteiger partial charge < -0.3 is 5.21 Å². The maximum atomic E-state index is 8.39. The molecule has 0 saturated heterocycles. The molecule has 9 heavy (non-hydrogen) atoms. The first kappa shape index (κ1) is 5.03. The van der Waals surface area contributed by atoms with E-state index in [0.29, 0.717) is 11.8 Å². The van der Waals surface area contributed by atoms with Gasteiger partial charge in [-0.3, -0.25) is 0 Å².